The molecule has 0 saturated heterocycles. The van der Waals surface area contributed by atoms with E-state index in [1.54, 1.807) is 31.4 Å². The van der Waals surface area contributed by atoms with Gasteiger partial charge in [-0.3, -0.25) is 0 Å². The average Bonchev–Trinajstić information content (AvgIpc) is 2.60. The second kappa shape index (κ2) is 9.16. The lowest BCUT2D eigenvalue weighted by atomic mass is 10.2. The second-order valence-electron chi connectivity index (χ2n) is 5.67. The van der Waals surface area contributed by atoms with Crippen molar-refractivity contribution in [3.63, 3.8) is 0 Å². The molecule has 0 amide bonds. The summed E-state index contributed by atoms with van der Waals surface area (Å²) in [6.45, 7) is 0.951. The van der Waals surface area contributed by atoms with Crippen molar-refractivity contribution in [2.75, 3.05) is 26.6 Å². The number of sulfonamides is 1. The molecule has 148 valence electrons. The third kappa shape index (κ3) is 6.28. The molecule has 10 heteroatoms. The Hall–Kier alpha value is -1.46. The van der Waals surface area contributed by atoms with Gasteiger partial charge in [0.05, 0.1) is 16.4 Å². The number of methoxy groups -OCH3 is 1. The average molecular weight is 478 g/mol. The van der Waals surface area contributed by atoms with Crippen molar-refractivity contribution in [3.8, 4) is 5.75 Å². The van der Waals surface area contributed by atoms with Crippen LogP contribution < -0.4 is 9.46 Å². The molecule has 0 aliphatic heterocycles. The van der Waals surface area contributed by atoms with Crippen LogP contribution >= 0.6 is 15.9 Å². The molecule has 2 rings (SSSR count). The highest BCUT2D eigenvalue weighted by Crippen LogP contribution is 2.25. The first-order valence-electron chi connectivity index (χ1n) is 7.83. The fourth-order valence-electron chi connectivity index (χ4n) is 2.12. The predicted molar refractivity (Wildman–Crippen MR) is 105 cm³/mol. The first-order valence-corrected chi connectivity index (χ1v) is 12.0. The van der Waals surface area contributed by atoms with Crippen LogP contribution in [-0.2, 0) is 31.1 Å². The third-order valence-electron chi connectivity index (χ3n) is 3.57. The van der Waals surface area contributed by atoms with E-state index in [0.29, 0.717) is 19.0 Å². The number of ether oxygens (including phenoxy) is 2. The number of nitrogens with one attached hydrogen (secondary N) is 1. The fraction of sp³-hybridized carbons (Fsp3) is 0.294. The molecular weight excluding hydrogens is 458 g/mol. The van der Waals surface area contributed by atoms with Gasteiger partial charge in [0.15, 0.2) is 9.84 Å². The van der Waals surface area contributed by atoms with Crippen molar-refractivity contribution in [3.05, 3.63) is 52.5 Å². The minimum Gasteiger partial charge on any atom is -0.491 e. The van der Waals surface area contributed by atoms with E-state index < -0.39 is 19.9 Å². The van der Waals surface area contributed by atoms with Gasteiger partial charge >= 0.3 is 0 Å². The zero-order valence-electron chi connectivity index (χ0n) is 14.8. The molecule has 0 aromatic heterocycles. The summed E-state index contributed by atoms with van der Waals surface area (Å²) >= 11 is 3.16. The van der Waals surface area contributed by atoms with Crippen LogP contribution in [-0.4, -0.2) is 43.4 Å². The SMILES string of the molecule is COCCOc1ccc(CNS(=O)(=O)c2cc(S(C)(=O)=O)ccc2Br)cc1. The number of rotatable bonds is 9. The molecule has 0 bridgehead atoms. The van der Waals surface area contributed by atoms with Crippen molar-refractivity contribution >= 4 is 35.8 Å². The van der Waals surface area contributed by atoms with E-state index in [4.69, 9.17) is 9.47 Å². The molecule has 7 nitrogen and oxygen atoms in total. The second-order valence-corrected chi connectivity index (χ2v) is 10.3. The summed E-state index contributed by atoms with van der Waals surface area (Å²) in [5, 5.41) is 0. The number of halogens is 1. The zero-order valence-corrected chi connectivity index (χ0v) is 18.0. The van der Waals surface area contributed by atoms with E-state index in [9.17, 15) is 16.8 Å². The summed E-state index contributed by atoms with van der Waals surface area (Å²) in [7, 11) is -5.84. The van der Waals surface area contributed by atoms with Gasteiger partial charge in [0.1, 0.15) is 12.4 Å². The number of benzene rings is 2. The van der Waals surface area contributed by atoms with E-state index in [2.05, 4.69) is 20.7 Å². The lowest BCUT2D eigenvalue weighted by molar-refractivity contribution is 0.146. The zero-order chi connectivity index (χ0) is 20.1. The molecule has 0 unspecified atom stereocenters. The molecule has 0 atom stereocenters. The van der Waals surface area contributed by atoms with Crippen LogP contribution in [0.3, 0.4) is 0 Å². The molecule has 0 fully saturated rings. The topological polar surface area (TPSA) is 98.8 Å². The van der Waals surface area contributed by atoms with E-state index in [0.717, 1.165) is 17.9 Å². The molecule has 2 aromatic rings. The molecule has 0 aliphatic carbocycles. The normalized spacial score (nSPS) is 12.1. The van der Waals surface area contributed by atoms with Gasteiger partial charge in [-0.05, 0) is 51.8 Å². The van der Waals surface area contributed by atoms with Crippen molar-refractivity contribution in [2.24, 2.45) is 0 Å². The highest BCUT2D eigenvalue weighted by Gasteiger charge is 2.20. The number of hydrogen-bond acceptors (Lipinski definition) is 6. The molecule has 0 radical (unpaired) electrons. The van der Waals surface area contributed by atoms with E-state index in [1.165, 1.54) is 12.1 Å². The third-order valence-corrected chi connectivity index (χ3v) is 7.07. The van der Waals surface area contributed by atoms with Crippen LogP contribution in [0.4, 0.5) is 0 Å². The van der Waals surface area contributed by atoms with E-state index >= 15 is 0 Å². The van der Waals surface area contributed by atoms with Crippen molar-refractivity contribution in [1.82, 2.24) is 4.72 Å². The Morgan fingerprint density at radius 1 is 1.00 bits per heavy atom. The van der Waals surface area contributed by atoms with Crippen molar-refractivity contribution in [1.29, 1.82) is 0 Å². The van der Waals surface area contributed by atoms with E-state index in [-0.39, 0.29) is 20.8 Å². The Kier molecular flexibility index (Phi) is 7.40. The largest absolute Gasteiger partial charge is 0.491 e. The Morgan fingerprint density at radius 2 is 1.67 bits per heavy atom. The van der Waals surface area contributed by atoms with Gasteiger partial charge in [-0.25, -0.2) is 21.6 Å². The number of hydrogen-bond donors (Lipinski definition) is 1. The van der Waals surface area contributed by atoms with Gasteiger partial charge in [0.25, 0.3) is 0 Å². The van der Waals surface area contributed by atoms with Crippen molar-refractivity contribution in [2.45, 2.75) is 16.3 Å². The van der Waals surface area contributed by atoms with Crippen LogP contribution in [0.15, 0.2) is 56.7 Å². The van der Waals surface area contributed by atoms with Gasteiger partial charge in [-0.15, -0.1) is 0 Å². The van der Waals surface area contributed by atoms with Crippen LogP contribution in [0.2, 0.25) is 0 Å². The maximum absolute atomic E-state index is 12.6. The molecule has 2 aromatic carbocycles. The maximum Gasteiger partial charge on any atom is 0.242 e. The molecule has 0 heterocycles. The highest BCUT2D eigenvalue weighted by atomic mass is 79.9. The smallest absolute Gasteiger partial charge is 0.242 e. The summed E-state index contributed by atoms with van der Waals surface area (Å²) in [6, 6.07) is 10.8. The summed E-state index contributed by atoms with van der Waals surface area (Å²) in [5.41, 5.74) is 0.730. The molecule has 27 heavy (non-hydrogen) atoms. The van der Waals surface area contributed by atoms with Gasteiger partial charge in [-0.1, -0.05) is 12.1 Å². The first-order chi connectivity index (χ1) is 12.6. The summed E-state index contributed by atoms with van der Waals surface area (Å²) in [5.74, 6) is 0.655. The lowest BCUT2D eigenvalue weighted by Gasteiger charge is -2.11. The predicted octanol–water partition coefficient (Wildman–Crippen LogP) is 2.36. The Bertz CT molecular complexity index is 989. The molecule has 1 N–H and O–H groups in total. The number of sulfone groups is 1. The highest BCUT2D eigenvalue weighted by molar-refractivity contribution is 9.10. The van der Waals surface area contributed by atoms with Crippen LogP contribution in [0.25, 0.3) is 0 Å². The molecular formula is C17H20BrNO6S2. The van der Waals surface area contributed by atoms with Gasteiger partial charge < -0.3 is 9.47 Å². The lowest BCUT2D eigenvalue weighted by Crippen LogP contribution is -2.24. The molecule has 0 saturated carbocycles. The summed E-state index contributed by atoms with van der Waals surface area (Å²) < 4.78 is 61.6. The molecule has 0 aliphatic rings. The van der Waals surface area contributed by atoms with Crippen LogP contribution in [0.1, 0.15) is 5.56 Å². The Balaban J connectivity index is 2.11. The maximum atomic E-state index is 12.6. The Labute approximate surface area is 167 Å². The minimum absolute atomic E-state index is 0.0518. The monoisotopic (exact) mass is 477 g/mol. The standard InChI is InChI=1S/C17H20BrNO6S2/c1-24-9-10-25-14-5-3-13(4-6-14)12-19-27(22,23)17-11-15(26(2,20)21)7-8-16(17)18/h3-8,11,19H,9-10,12H2,1-2H3. The first kappa shape index (κ1) is 21.8. The van der Waals surface area contributed by atoms with Gasteiger partial charge in [0.2, 0.25) is 10.0 Å². The quantitative estimate of drug-likeness (QED) is 0.556. The molecule has 0 spiro atoms. The van der Waals surface area contributed by atoms with E-state index in [1.807, 2.05) is 0 Å². The fourth-order valence-corrected chi connectivity index (χ4v) is 4.85. The van der Waals surface area contributed by atoms with Gasteiger partial charge in [0, 0.05) is 24.4 Å². The minimum atomic E-state index is -3.91. The van der Waals surface area contributed by atoms with Crippen LogP contribution in [0, 0.1) is 0 Å². The van der Waals surface area contributed by atoms with Gasteiger partial charge in [-0.2, -0.15) is 0 Å². The van der Waals surface area contributed by atoms with Crippen LogP contribution in [0.5, 0.6) is 5.75 Å². The Morgan fingerprint density at radius 3 is 2.26 bits per heavy atom. The van der Waals surface area contributed by atoms with Crippen molar-refractivity contribution < 1.29 is 26.3 Å². The summed E-state index contributed by atoms with van der Waals surface area (Å²) in [4.78, 5) is -0.200. The summed E-state index contributed by atoms with van der Waals surface area (Å²) in [6.07, 6.45) is 1.02.